The highest BCUT2D eigenvalue weighted by Crippen LogP contribution is 2.33. The summed E-state index contributed by atoms with van der Waals surface area (Å²) in [6, 6.07) is 1.45. The van der Waals surface area contributed by atoms with Crippen molar-refractivity contribution in [2.75, 3.05) is 0 Å². The average molecular weight is 264 g/mol. The summed E-state index contributed by atoms with van der Waals surface area (Å²) in [4.78, 5) is 12.4. The van der Waals surface area contributed by atoms with Crippen LogP contribution in [0.3, 0.4) is 0 Å². The lowest BCUT2D eigenvalue weighted by atomic mass is 9.87. The van der Waals surface area contributed by atoms with Crippen molar-refractivity contribution in [3.63, 3.8) is 0 Å². The number of amides is 1. The third kappa shape index (κ3) is 2.96. The Labute approximate surface area is 116 Å². The monoisotopic (exact) mass is 264 g/mol. The van der Waals surface area contributed by atoms with E-state index in [2.05, 4.69) is 17.6 Å². The second-order valence-electron chi connectivity index (χ2n) is 6.94. The molecule has 1 saturated carbocycles. The maximum Gasteiger partial charge on any atom is 0.224 e. The van der Waals surface area contributed by atoms with Crippen LogP contribution in [-0.4, -0.2) is 24.0 Å². The van der Waals surface area contributed by atoms with Gasteiger partial charge in [-0.2, -0.15) is 0 Å². The van der Waals surface area contributed by atoms with Gasteiger partial charge in [-0.3, -0.25) is 4.79 Å². The molecule has 0 aromatic carbocycles. The number of fused-ring (bicyclic) bond motifs is 2. The Hall–Kier alpha value is -0.570. The van der Waals surface area contributed by atoms with E-state index in [1.165, 1.54) is 51.4 Å². The molecule has 2 N–H and O–H groups in total. The predicted molar refractivity (Wildman–Crippen MR) is 76.8 cm³/mol. The molecule has 4 atom stereocenters. The average Bonchev–Trinajstić information content (AvgIpc) is 2.92. The number of hydrogen-bond donors (Lipinski definition) is 2. The van der Waals surface area contributed by atoms with E-state index in [4.69, 9.17) is 0 Å². The molecule has 1 amide bonds. The molecular formula is C16H28N2O. The molecule has 0 spiro atoms. The van der Waals surface area contributed by atoms with Gasteiger partial charge in [0, 0.05) is 18.1 Å². The van der Waals surface area contributed by atoms with Gasteiger partial charge in [-0.1, -0.05) is 25.7 Å². The molecule has 2 aliphatic heterocycles. The summed E-state index contributed by atoms with van der Waals surface area (Å²) in [6.45, 7) is 2.22. The highest BCUT2D eigenvalue weighted by atomic mass is 16.2. The molecule has 3 unspecified atom stereocenters. The number of nitrogens with one attached hydrogen (secondary N) is 2. The van der Waals surface area contributed by atoms with Crippen LogP contribution in [0.5, 0.6) is 0 Å². The highest BCUT2D eigenvalue weighted by Gasteiger charge is 2.43. The van der Waals surface area contributed by atoms with Crippen molar-refractivity contribution < 1.29 is 4.79 Å². The largest absolute Gasteiger partial charge is 0.353 e. The number of rotatable bonds is 3. The lowest BCUT2D eigenvalue weighted by Gasteiger charge is -2.27. The quantitative estimate of drug-likeness (QED) is 0.769. The van der Waals surface area contributed by atoms with Gasteiger partial charge in [0.1, 0.15) is 0 Å². The first kappa shape index (κ1) is 13.4. The maximum absolute atomic E-state index is 12.4. The molecule has 0 aromatic rings. The standard InChI is InChI=1S/C16H28N2O/c1-11(12-6-4-2-3-5-7-12)17-16(19)14-10-13-8-9-15(14)18-13/h11-15,18H,2-10H2,1H3,(H,17,19)/t11-,13?,14?,15?/m1/s1. The molecule has 108 valence electrons. The van der Waals surface area contributed by atoms with Crippen LogP contribution in [-0.2, 0) is 4.79 Å². The van der Waals surface area contributed by atoms with Gasteiger partial charge >= 0.3 is 0 Å². The maximum atomic E-state index is 12.4. The third-order valence-corrected chi connectivity index (χ3v) is 5.61. The molecule has 0 radical (unpaired) electrons. The summed E-state index contributed by atoms with van der Waals surface area (Å²) in [5.74, 6) is 1.27. The lowest BCUT2D eigenvalue weighted by Crippen LogP contribution is -2.44. The van der Waals surface area contributed by atoms with Crippen molar-refractivity contribution in [1.29, 1.82) is 0 Å². The SMILES string of the molecule is C[C@@H](NC(=O)C1CC2CCC1N2)C1CCCCCC1. The zero-order valence-corrected chi connectivity index (χ0v) is 12.2. The molecule has 2 bridgehead atoms. The molecule has 3 nitrogen and oxygen atoms in total. The Morgan fingerprint density at radius 2 is 1.84 bits per heavy atom. The minimum atomic E-state index is 0.243. The van der Waals surface area contributed by atoms with Crippen LogP contribution >= 0.6 is 0 Å². The van der Waals surface area contributed by atoms with Crippen molar-refractivity contribution in [1.82, 2.24) is 10.6 Å². The van der Waals surface area contributed by atoms with E-state index in [1.807, 2.05) is 0 Å². The predicted octanol–water partition coefficient (Wildman–Crippen LogP) is 2.60. The van der Waals surface area contributed by atoms with E-state index in [0.717, 1.165) is 6.42 Å². The van der Waals surface area contributed by atoms with Gasteiger partial charge in [-0.15, -0.1) is 0 Å². The Kier molecular flexibility index (Phi) is 4.11. The summed E-state index contributed by atoms with van der Waals surface area (Å²) in [7, 11) is 0. The number of carbonyl (C=O) groups excluding carboxylic acids is 1. The highest BCUT2D eigenvalue weighted by molar-refractivity contribution is 5.80. The first-order chi connectivity index (χ1) is 9.24. The molecular weight excluding hydrogens is 236 g/mol. The lowest BCUT2D eigenvalue weighted by molar-refractivity contribution is -0.126. The zero-order valence-electron chi connectivity index (χ0n) is 12.2. The van der Waals surface area contributed by atoms with Gasteiger partial charge in [0.25, 0.3) is 0 Å². The Bertz CT molecular complexity index is 323. The van der Waals surface area contributed by atoms with E-state index >= 15 is 0 Å². The second kappa shape index (κ2) is 5.82. The van der Waals surface area contributed by atoms with Gasteiger partial charge < -0.3 is 10.6 Å². The number of carbonyl (C=O) groups is 1. The summed E-state index contributed by atoms with van der Waals surface area (Å²) in [5, 5.41) is 6.89. The molecule has 3 rings (SSSR count). The molecule has 2 heterocycles. The van der Waals surface area contributed by atoms with Gasteiger partial charge in [-0.25, -0.2) is 0 Å². The van der Waals surface area contributed by atoms with Gasteiger partial charge in [0.05, 0.1) is 5.92 Å². The topological polar surface area (TPSA) is 41.1 Å². The Morgan fingerprint density at radius 1 is 1.11 bits per heavy atom. The van der Waals surface area contributed by atoms with Crippen LogP contribution < -0.4 is 10.6 Å². The molecule has 3 aliphatic rings. The molecule has 0 aromatic heterocycles. The fourth-order valence-corrected chi connectivity index (χ4v) is 4.37. The van der Waals surface area contributed by atoms with Crippen LogP contribution in [0.4, 0.5) is 0 Å². The molecule has 1 aliphatic carbocycles. The molecule has 3 fully saturated rings. The van der Waals surface area contributed by atoms with Crippen molar-refractivity contribution in [3.05, 3.63) is 0 Å². The Balaban J connectivity index is 1.51. The summed E-state index contributed by atoms with van der Waals surface area (Å²) >= 11 is 0. The van der Waals surface area contributed by atoms with E-state index in [-0.39, 0.29) is 5.92 Å². The minimum absolute atomic E-state index is 0.243. The molecule has 2 saturated heterocycles. The van der Waals surface area contributed by atoms with Crippen molar-refractivity contribution in [2.45, 2.75) is 82.8 Å². The van der Waals surface area contributed by atoms with Crippen LogP contribution in [0.15, 0.2) is 0 Å². The third-order valence-electron chi connectivity index (χ3n) is 5.61. The summed E-state index contributed by atoms with van der Waals surface area (Å²) in [5.41, 5.74) is 0. The first-order valence-corrected chi connectivity index (χ1v) is 8.30. The fourth-order valence-electron chi connectivity index (χ4n) is 4.37. The van der Waals surface area contributed by atoms with Crippen LogP contribution in [0.25, 0.3) is 0 Å². The van der Waals surface area contributed by atoms with Gasteiger partial charge in [0.2, 0.25) is 5.91 Å². The fraction of sp³-hybridized carbons (Fsp3) is 0.938. The van der Waals surface area contributed by atoms with Crippen LogP contribution in [0, 0.1) is 11.8 Å². The van der Waals surface area contributed by atoms with Crippen molar-refractivity contribution in [2.24, 2.45) is 11.8 Å². The number of hydrogen-bond acceptors (Lipinski definition) is 2. The molecule has 19 heavy (non-hydrogen) atoms. The molecule has 3 heteroatoms. The Morgan fingerprint density at radius 3 is 2.42 bits per heavy atom. The zero-order chi connectivity index (χ0) is 13.2. The summed E-state index contributed by atoms with van der Waals surface area (Å²) < 4.78 is 0. The van der Waals surface area contributed by atoms with E-state index < -0.39 is 0 Å². The minimum Gasteiger partial charge on any atom is -0.353 e. The van der Waals surface area contributed by atoms with E-state index in [1.54, 1.807) is 0 Å². The van der Waals surface area contributed by atoms with Crippen molar-refractivity contribution >= 4 is 5.91 Å². The summed E-state index contributed by atoms with van der Waals surface area (Å²) in [6.07, 6.45) is 11.6. The second-order valence-corrected chi connectivity index (χ2v) is 6.94. The van der Waals surface area contributed by atoms with E-state index in [9.17, 15) is 4.79 Å². The van der Waals surface area contributed by atoms with Crippen LogP contribution in [0.2, 0.25) is 0 Å². The van der Waals surface area contributed by atoms with Gasteiger partial charge in [-0.05, 0) is 44.9 Å². The van der Waals surface area contributed by atoms with Crippen molar-refractivity contribution in [3.8, 4) is 0 Å². The smallest absolute Gasteiger partial charge is 0.224 e. The van der Waals surface area contributed by atoms with E-state index in [0.29, 0.717) is 30.0 Å². The van der Waals surface area contributed by atoms with Gasteiger partial charge in [0.15, 0.2) is 0 Å². The first-order valence-electron chi connectivity index (χ1n) is 8.30. The normalized spacial score (nSPS) is 37.0. The van der Waals surface area contributed by atoms with Crippen LogP contribution in [0.1, 0.15) is 64.7 Å².